The van der Waals surface area contributed by atoms with Crippen molar-refractivity contribution < 1.29 is 24.1 Å². The van der Waals surface area contributed by atoms with Crippen molar-refractivity contribution in [1.29, 1.82) is 0 Å². The van der Waals surface area contributed by atoms with Gasteiger partial charge in [-0.25, -0.2) is 15.0 Å². The minimum Gasteiger partial charge on any atom is -0.515 e. The molecule has 5 aliphatic heterocycles. The first kappa shape index (κ1) is 41.3. The lowest BCUT2D eigenvalue weighted by molar-refractivity contribution is -0.130. The normalized spacial score (nSPS) is 20.0. The van der Waals surface area contributed by atoms with Gasteiger partial charge in [0.25, 0.3) is 0 Å². The summed E-state index contributed by atoms with van der Waals surface area (Å²) in [6.45, 7) is 22.1. The van der Waals surface area contributed by atoms with E-state index < -0.39 is 0 Å². The van der Waals surface area contributed by atoms with E-state index in [4.69, 9.17) is 29.2 Å². The van der Waals surface area contributed by atoms with Crippen LogP contribution in [0.5, 0.6) is 0 Å². The van der Waals surface area contributed by atoms with E-state index in [1.165, 1.54) is 16.8 Å². The van der Waals surface area contributed by atoms with E-state index in [1.54, 1.807) is 19.1 Å². The molecule has 1 amide bonds. The molecule has 0 aliphatic carbocycles. The van der Waals surface area contributed by atoms with Crippen LogP contribution in [0.4, 0.5) is 0 Å². The molecule has 0 saturated carbocycles. The largest absolute Gasteiger partial charge is 0.515 e. The van der Waals surface area contributed by atoms with Crippen LogP contribution in [0, 0.1) is 5.92 Å². The number of hydrogen-bond acceptors (Lipinski definition) is 9. The summed E-state index contributed by atoms with van der Waals surface area (Å²) in [7, 11) is 3.42. The Labute approximate surface area is 305 Å². The Hall–Kier alpha value is -4.12. The van der Waals surface area contributed by atoms with Crippen LogP contribution in [0.15, 0.2) is 107 Å². The molecular weight excluding hydrogens is 642 g/mol. The number of nitrogens with zero attached hydrogens (tertiary/aromatic N) is 4. The van der Waals surface area contributed by atoms with E-state index >= 15 is 0 Å². The Morgan fingerprint density at radius 1 is 0.882 bits per heavy atom. The molecule has 10 heteroatoms. The lowest BCUT2D eigenvalue weighted by Gasteiger charge is -2.15. The SMILES string of the molecule is CC.CCC(=O)N(C)CCOCCOCCOC.CCC1=C(C)C2=CC3=NC(=C(C)/C3=C\O)C=C3NC(=C(C)C4=NC(=CC1=N2)C(C)=C4)CC3C. The van der Waals surface area contributed by atoms with Gasteiger partial charge in [0.2, 0.25) is 5.91 Å². The smallest absolute Gasteiger partial charge is 0.222 e. The summed E-state index contributed by atoms with van der Waals surface area (Å²) >= 11 is 0. The monoisotopic (exact) mass is 701 g/mol. The molecule has 5 rings (SSSR count). The molecule has 0 aromatic carbocycles. The number of rotatable bonds is 11. The molecule has 0 aromatic rings. The van der Waals surface area contributed by atoms with Crippen LogP contribution in [0.25, 0.3) is 0 Å². The summed E-state index contributed by atoms with van der Waals surface area (Å²) in [5.74, 6) is 0.492. The van der Waals surface area contributed by atoms with Crippen LogP contribution in [0.2, 0.25) is 0 Å². The predicted octanol–water partition coefficient (Wildman–Crippen LogP) is 7.87. The summed E-state index contributed by atoms with van der Waals surface area (Å²) in [6, 6.07) is 0. The van der Waals surface area contributed by atoms with E-state index in [1.807, 2.05) is 33.8 Å². The Morgan fingerprint density at radius 2 is 1.53 bits per heavy atom. The number of nitrogens with one attached hydrogen (secondary N) is 1. The fourth-order valence-electron chi connectivity index (χ4n) is 6.03. The zero-order valence-electron chi connectivity index (χ0n) is 32.7. The van der Waals surface area contributed by atoms with Crippen molar-refractivity contribution in [2.45, 2.75) is 81.6 Å². The number of allylic oxidation sites excluding steroid dienone is 12. The van der Waals surface area contributed by atoms with Gasteiger partial charge >= 0.3 is 0 Å². The third-order valence-electron chi connectivity index (χ3n) is 9.29. The van der Waals surface area contributed by atoms with Gasteiger partial charge in [-0.1, -0.05) is 34.6 Å². The van der Waals surface area contributed by atoms with Gasteiger partial charge in [-0.05, 0) is 92.7 Å². The average Bonchev–Trinajstić information content (AvgIpc) is 3.85. The number of aliphatic hydroxyl groups excluding tert-OH is 1. The van der Waals surface area contributed by atoms with Crippen molar-refractivity contribution in [2.75, 3.05) is 53.7 Å². The fraction of sp³-hybridized carbons (Fsp3) is 0.512. The minimum atomic E-state index is 0.139. The highest BCUT2D eigenvalue weighted by molar-refractivity contribution is 6.18. The lowest BCUT2D eigenvalue weighted by Crippen LogP contribution is -2.29. The van der Waals surface area contributed by atoms with Crippen molar-refractivity contribution in [3.8, 4) is 0 Å². The average molecular weight is 702 g/mol. The maximum atomic E-state index is 11.2. The van der Waals surface area contributed by atoms with Gasteiger partial charge in [0.1, 0.15) is 0 Å². The van der Waals surface area contributed by atoms with E-state index in [9.17, 15) is 9.90 Å². The highest BCUT2D eigenvalue weighted by Gasteiger charge is 2.28. The van der Waals surface area contributed by atoms with Gasteiger partial charge in [-0.2, -0.15) is 0 Å². The minimum absolute atomic E-state index is 0.139. The number of hydrogen-bond donors (Lipinski definition) is 2. The topological polar surface area (TPSA) is 117 Å². The van der Waals surface area contributed by atoms with Crippen LogP contribution >= 0.6 is 0 Å². The van der Waals surface area contributed by atoms with Gasteiger partial charge in [0, 0.05) is 50.0 Å². The standard InChI is InChI=1S/C28H30N4O.C11H23NO4.C2H6/c1-7-19-16(4)26-12-28-20(13-33)17(5)25(32-28)10-21-14(2)8-23(29-21)18(6)24-9-15(3)22(30-24)11-27(19)31-26;1-4-11(13)12(2)5-6-15-9-10-16-8-7-14-3;1-2/h9-14,29,33H,7-8H2,1-6H3;4-10H2,1-3H3;1-2H3/b20-13+,21-10?,22-11?,23-18?,26-12?;;. The van der Waals surface area contributed by atoms with Gasteiger partial charge in [0.15, 0.2) is 0 Å². The molecule has 51 heavy (non-hydrogen) atoms. The molecule has 2 N–H and O–H groups in total. The van der Waals surface area contributed by atoms with Crippen molar-refractivity contribution in [2.24, 2.45) is 20.9 Å². The molecule has 1 saturated heterocycles. The highest BCUT2D eigenvalue weighted by atomic mass is 16.5. The Morgan fingerprint density at radius 3 is 2.18 bits per heavy atom. The zero-order valence-corrected chi connectivity index (χ0v) is 32.7. The number of aliphatic hydroxyl groups is 1. The number of likely N-dealkylation sites (N-methyl/N-ethyl adjacent to an activating group) is 1. The van der Waals surface area contributed by atoms with Crippen LogP contribution in [-0.2, 0) is 19.0 Å². The number of carbonyl (C=O) groups is 1. The summed E-state index contributed by atoms with van der Waals surface area (Å²) in [5.41, 5.74) is 14.2. The van der Waals surface area contributed by atoms with Gasteiger partial charge in [-0.3, -0.25) is 4.79 Å². The van der Waals surface area contributed by atoms with E-state index in [-0.39, 0.29) is 5.91 Å². The molecule has 1 unspecified atom stereocenters. The number of aliphatic imine (C=N–C) groups is 3. The third-order valence-corrected chi connectivity index (χ3v) is 9.29. The Kier molecular flexibility index (Phi) is 16.2. The first-order chi connectivity index (χ1) is 24.5. The number of ether oxygens (including phenoxy) is 3. The summed E-state index contributed by atoms with van der Waals surface area (Å²) in [6.07, 6.45) is 11.9. The number of fused-ring (bicyclic) bond motifs is 5. The van der Waals surface area contributed by atoms with Crippen molar-refractivity contribution >= 4 is 23.0 Å². The van der Waals surface area contributed by atoms with Crippen LogP contribution in [0.3, 0.4) is 0 Å². The maximum Gasteiger partial charge on any atom is 0.222 e. The van der Waals surface area contributed by atoms with E-state index in [0.29, 0.717) is 51.9 Å². The molecule has 0 radical (unpaired) electrons. The van der Waals surface area contributed by atoms with Gasteiger partial charge < -0.3 is 29.5 Å². The Bertz CT molecular complexity index is 1660. The summed E-state index contributed by atoms with van der Waals surface area (Å²) < 4.78 is 15.4. The van der Waals surface area contributed by atoms with Crippen LogP contribution in [0.1, 0.15) is 81.6 Å². The molecule has 278 valence electrons. The van der Waals surface area contributed by atoms with Crippen LogP contribution < -0.4 is 5.32 Å². The fourth-order valence-corrected chi connectivity index (χ4v) is 6.03. The van der Waals surface area contributed by atoms with Crippen molar-refractivity contribution in [3.63, 3.8) is 0 Å². The van der Waals surface area contributed by atoms with Gasteiger partial charge in [0.05, 0.1) is 73.5 Å². The first-order valence-corrected chi connectivity index (χ1v) is 18.2. The van der Waals surface area contributed by atoms with Crippen molar-refractivity contribution in [3.05, 3.63) is 92.5 Å². The van der Waals surface area contributed by atoms with E-state index in [0.717, 1.165) is 81.3 Å². The zero-order chi connectivity index (χ0) is 37.7. The van der Waals surface area contributed by atoms with Gasteiger partial charge in [-0.15, -0.1) is 0 Å². The second-order valence-corrected chi connectivity index (χ2v) is 12.7. The van der Waals surface area contributed by atoms with Crippen LogP contribution in [-0.4, -0.2) is 86.8 Å². The first-order valence-electron chi connectivity index (χ1n) is 18.2. The lowest BCUT2D eigenvalue weighted by atomic mass is 9.99. The molecule has 5 aliphatic rings. The summed E-state index contributed by atoms with van der Waals surface area (Å²) in [5, 5.41) is 13.6. The number of carbonyl (C=O) groups excluding carboxylic acids is 1. The number of methoxy groups -OCH3 is 1. The maximum absolute atomic E-state index is 11.2. The molecule has 0 spiro atoms. The summed E-state index contributed by atoms with van der Waals surface area (Å²) in [4.78, 5) is 27.7. The molecule has 10 nitrogen and oxygen atoms in total. The highest BCUT2D eigenvalue weighted by Crippen LogP contribution is 2.36. The molecule has 1 fully saturated rings. The second kappa shape index (κ2) is 20.1. The molecule has 0 aromatic heterocycles. The molecule has 5 heterocycles. The molecule has 8 bridgehead atoms. The number of amides is 1. The predicted molar refractivity (Wildman–Crippen MR) is 209 cm³/mol. The third kappa shape index (κ3) is 10.5. The van der Waals surface area contributed by atoms with E-state index in [2.05, 4.69) is 58.2 Å². The molecule has 1 atom stereocenters. The van der Waals surface area contributed by atoms with Crippen molar-refractivity contribution in [1.82, 2.24) is 10.2 Å². The second-order valence-electron chi connectivity index (χ2n) is 12.7. The molecular formula is C41H59N5O5. The Balaban J connectivity index is 0.000000332. The quantitative estimate of drug-likeness (QED) is 0.167.